The third-order valence-electron chi connectivity index (χ3n) is 5.38. The molecule has 0 aromatic heterocycles. The SMILES string of the molecule is CCOc1cccc(CNC(=O)CC2=C3CCCCC3N(C(C)C)C2=O)c1. The lowest BCUT2D eigenvalue weighted by Crippen LogP contribution is -2.41. The molecule has 2 aliphatic rings. The van der Waals surface area contributed by atoms with Crippen molar-refractivity contribution in [1.82, 2.24) is 10.2 Å². The van der Waals surface area contributed by atoms with Crippen molar-refractivity contribution in [3.63, 3.8) is 0 Å². The van der Waals surface area contributed by atoms with Gasteiger partial charge in [-0.15, -0.1) is 0 Å². The normalized spacial score (nSPS) is 19.5. The van der Waals surface area contributed by atoms with Crippen molar-refractivity contribution in [2.75, 3.05) is 6.61 Å². The van der Waals surface area contributed by atoms with E-state index in [-0.39, 0.29) is 30.3 Å². The molecule has 1 heterocycles. The van der Waals surface area contributed by atoms with Crippen molar-refractivity contribution >= 4 is 11.8 Å². The summed E-state index contributed by atoms with van der Waals surface area (Å²) in [6.07, 6.45) is 4.41. The molecule has 1 unspecified atom stereocenters. The fourth-order valence-corrected chi connectivity index (χ4v) is 4.21. The first kappa shape index (κ1) is 19.5. The zero-order valence-electron chi connectivity index (χ0n) is 16.6. The molecule has 3 rings (SSSR count). The second kappa shape index (κ2) is 8.59. The molecule has 1 N–H and O–H groups in total. The van der Waals surface area contributed by atoms with E-state index < -0.39 is 0 Å². The maximum absolute atomic E-state index is 12.9. The molecule has 0 radical (unpaired) electrons. The Morgan fingerprint density at radius 3 is 2.89 bits per heavy atom. The third kappa shape index (κ3) is 4.34. The van der Waals surface area contributed by atoms with Crippen LogP contribution in [0.3, 0.4) is 0 Å². The van der Waals surface area contributed by atoms with Gasteiger partial charge < -0.3 is 15.0 Å². The average molecular weight is 370 g/mol. The van der Waals surface area contributed by atoms with Crippen LogP contribution in [0.15, 0.2) is 35.4 Å². The zero-order chi connectivity index (χ0) is 19.4. The zero-order valence-corrected chi connectivity index (χ0v) is 16.6. The highest BCUT2D eigenvalue weighted by Crippen LogP contribution is 2.38. The smallest absolute Gasteiger partial charge is 0.251 e. The summed E-state index contributed by atoms with van der Waals surface area (Å²) in [4.78, 5) is 27.4. The largest absolute Gasteiger partial charge is 0.494 e. The molecular weight excluding hydrogens is 340 g/mol. The summed E-state index contributed by atoms with van der Waals surface area (Å²) >= 11 is 0. The molecule has 1 atom stereocenters. The monoisotopic (exact) mass is 370 g/mol. The van der Waals surface area contributed by atoms with E-state index in [0.29, 0.717) is 13.2 Å². The van der Waals surface area contributed by atoms with Crippen LogP contribution in [0, 0.1) is 0 Å². The van der Waals surface area contributed by atoms with Crippen molar-refractivity contribution in [2.24, 2.45) is 0 Å². The van der Waals surface area contributed by atoms with E-state index >= 15 is 0 Å². The van der Waals surface area contributed by atoms with E-state index in [1.54, 1.807) is 0 Å². The maximum atomic E-state index is 12.9. The Hall–Kier alpha value is -2.30. The van der Waals surface area contributed by atoms with E-state index in [4.69, 9.17) is 4.74 Å². The number of carbonyl (C=O) groups excluding carboxylic acids is 2. The van der Waals surface area contributed by atoms with Crippen LogP contribution in [0.2, 0.25) is 0 Å². The summed E-state index contributed by atoms with van der Waals surface area (Å²) < 4.78 is 5.50. The molecule has 0 spiro atoms. The molecule has 5 nitrogen and oxygen atoms in total. The molecule has 146 valence electrons. The molecule has 1 aliphatic carbocycles. The average Bonchev–Trinajstić information content (AvgIpc) is 2.93. The molecule has 1 aromatic rings. The minimum atomic E-state index is -0.0948. The van der Waals surface area contributed by atoms with Crippen LogP contribution in [-0.4, -0.2) is 35.4 Å². The third-order valence-corrected chi connectivity index (χ3v) is 5.38. The minimum absolute atomic E-state index is 0.0559. The summed E-state index contributed by atoms with van der Waals surface area (Å²) in [6, 6.07) is 8.09. The second-order valence-electron chi connectivity index (χ2n) is 7.61. The first-order valence-corrected chi connectivity index (χ1v) is 10.0. The van der Waals surface area contributed by atoms with Gasteiger partial charge >= 0.3 is 0 Å². The number of benzene rings is 1. The highest BCUT2D eigenvalue weighted by molar-refractivity contribution is 6.02. The van der Waals surface area contributed by atoms with E-state index in [0.717, 1.165) is 42.6 Å². The fourth-order valence-electron chi connectivity index (χ4n) is 4.21. The van der Waals surface area contributed by atoms with Gasteiger partial charge in [-0.3, -0.25) is 9.59 Å². The number of hydrogen-bond donors (Lipinski definition) is 1. The number of carbonyl (C=O) groups is 2. The van der Waals surface area contributed by atoms with E-state index in [2.05, 4.69) is 19.2 Å². The van der Waals surface area contributed by atoms with Gasteiger partial charge in [0.05, 0.1) is 19.1 Å². The van der Waals surface area contributed by atoms with Gasteiger partial charge in [-0.2, -0.15) is 0 Å². The van der Waals surface area contributed by atoms with E-state index in [1.165, 1.54) is 5.57 Å². The molecule has 27 heavy (non-hydrogen) atoms. The summed E-state index contributed by atoms with van der Waals surface area (Å²) in [5.41, 5.74) is 2.92. The number of nitrogens with zero attached hydrogens (tertiary/aromatic N) is 1. The van der Waals surface area contributed by atoms with Crippen molar-refractivity contribution in [2.45, 2.75) is 71.5 Å². The first-order valence-electron chi connectivity index (χ1n) is 10.0. The van der Waals surface area contributed by atoms with Crippen LogP contribution >= 0.6 is 0 Å². The Bertz CT molecular complexity index is 739. The summed E-state index contributed by atoms with van der Waals surface area (Å²) in [5.74, 6) is 0.765. The van der Waals surface area contributed by atoms with Gasteiger partial charge in [0.2, 0.25) is 5.91 Å². The predicted molar refractivity (Wildman–Crippen MR) is 105 cm³/mol. The van der Waals surface area contributed by atoms with Crippen LogP contribution in [0.5, 0.6) is 5.75 Å². The van der Waals surface area contributed by atoms with Gasteiger partial charge in [-0.25, -0.2) is 0 Å². The second-order valence-corrected chi connectivity index (χ2v) is 7.61. The molecule has 5 heteroatoms. The van der Waals surface area contributed by atoms with Crippen molar-refractivity contribution in [1.29, 1.82) is 0 Å². The van der Waals surface area contributed by atoms with Crippen molar-refractivity contribution < 1.29 is 14.3 Å². The Labute approximate surface area is 161 Å². The predicted octanol–water partition coefficient (Wildman–Crippen LogP) is 3.58. The minimum Gasteiger partial charge on any atom is -0.494 e. The van der Waals surface area contributed by atoms with Crippen LogP contribution in [0.1, 0.15) is 58.4 Å². The summed E-state index contributed by atoms with van der Waals surface area (Å²) in [7, 11) is 0. The Balaban J connectivity index is 1.64. The number of hydrogen-bond acceptors (Lipinski definition) is 3. The Morgan fingerprint density at radius 2 is 2.15 bits per heavy atom. The summed E-state index contributed by atoms with van der Waals surface area (Å²) in [6.45, 7) is 7.11. The van der Waals surface area contributed by atoms with Gasteiger partial charge in [-0.1, -0.05) is 18.6 Å². The van der Waals surface area contributed by atoms with Crippen molar-refractivity contribution in [3.8, 4) is 5.75 Å². The van der Waals surface area contributed by atoms with Crippen LogP contribution in [0.4, 0.5) is 0 Å². The van der Waals surface area contributed by atoms with Gasteiger partial charge in [0.15, 0.2) is 0 Å². The first-order chi connectivity index (χ1) is 13.0. The summed E-state index contributed by atoms with van der Waals surface area (Å²) in [5, 5.41) is 2.96. The molecule has 1 saturated carbocycles. The quantitative estimate of drug-likeness (QED) is 0.798. The standard InChI is InChI=1S/C22H30N2O3/c1-4-27-17-9-7-8-16(12-17)14-23-21(25)13-19-18-10-5-6-11-20(18)24(15(2)3)22(19)26/h7-9,12,15,20H,4-6,10-11,13-14H2,1-3H3,(H,23,25). The van der Waals surface area contributed by atoms with Gasteiger partial charge in [0.25, 0.3) is 5.91 Å². The topological polar surface area (TPSA) is 58.6 Å². The lowest BCUT2D eigenvalue weighted by molar-refractivity contribution is -0.130. The fraction of sp³-hybridized carbons (Fsp3) is 0.545. The van der Waals surface area contributed by atoms with Gasteiger partial charge in [-0.05, 0) is 63.3 Å². The Morgan fingerprint density at radius 1 is 1.33 bits per heavy atom. The lowest BCUT2D eigenvalue weighted by Gasteiger charge is -2.33. The molecule has 2 amide bonds. The van der Waals surface area contributed by atoms with E-state index in [1.807, 2.05) is 36.1 Å². The number of amides is 2. The molecule has 1 fully saturated rings. The van der Waals surface area contributed by atoms with Crippen LogP contribution in [0.25, 0.3) is 0 Å². The lowest BCUT2D eigenvalue weighted by atomic mass is 9.88. The molecule has 0 bridgehead atoms. The molecule has 1 aromatic carbocycles. The number of rotatable bonds is 7. The van der Waals surface area contributed by atoms with Gasteiger partial charge in [0.1, 0.15) is 5.75 Å². The van der Waals surface area contributed by atoms with Crippen LogP contribution in [-0.2, 0) is 16.1 Å². The van der Waals surface area contributed by atoms with Crippen LogP contribution < -0.4 is 10.1 Å². The Kier molecular flexibility index (Phi) is 6.19. The van der Waals surface area contributed by atoms with E-state index in [9.17, 15) is 9.59 Å². The molecule has 0 saturated heterocycles. The number of nitrogens with one attached hydrogen (secondary N) is 1. The molecule has 1 aliphatic heterocycles. The van der Waals surface area contributed by atoms with Gasteiger partial charge in [0, 0.05) is 18.2 Å². The number of ether oxygens (including phenoxy) is 1. The highest BCUT2D eigenvalue weighted by Gasteiger charge is 2.41. The van der Waals surface area contributed by atoms with Crippen molar-refractivity contribution in [3.05, 3.63) is 41.0 Å². The molecular formula is C22H30N2O3. The highest BCUT2D eigenvalue weighted by atomic mass is 16.5. The maximum Gasteiger partial charge on any atom is 0.251 e. The number of fused-ring (bicyclic) bond motifs is 1.